The minimum Gasteiger partial charge on any atom is -0.457 e. The van der Waals surface area contributed by atoms with E-state index in [-0.39, 0.29) is 11.9 Å². The predicted octanol–water partition coefficient (Wildman–Crippen LogP) is 5.07. The number of hydrogen-bond donors (Lipinski definition) is 1. The number of nitrogens with zero attached hydrogens (tertiary/aromatic N) is 1. The Morgan fingerprint density at radius 1 is 0.909 bits per heavy atom. The van der Waals surface area contributed by atoms with Crippen LogP contribution >= 0.6 is 0 Å². The van der Waals surface area contributed by atoms with Crippen LogP contribution < -0.4 is 14.4 Å². The zero-order chi connectivity index (χ0) is 24.0. The molecule has 0 heterocycles. The zero-order valence-electron chi connectivity index (χ0n) is 19.4. The Morgan fingerprint density at radius 3 is 2.03 bits per heavy atom. The Kier molecular flexibility index (Phi) is 7.76. The van der Waals surface area contributed by atoms with E-state index < -0.39 is 16.1 Å². The number of para-hydroxylation sites is 1. The highest BCUT2D eigenvalue weighted by Crippen LogP contribution is 2.27. The van der Waals surface area contributed by atoms with Crippen molar-refractivity contribution in [2.45, 2.75) is 39.3 Å². The maximum atomic E-state index is 13.0. The SMILES string of the molecule is CCc1ccc([C@H](C)NC(=O)[C@H](C)N(c2ccc(Oc3ccccc3)cc2)S(C)(=O)=O)cc1. The first-order chi connectivity index (χ1) is 15.7. The first-order valence-electron chi connectivity index (χ1n) is 10.9. The fourth-order valence-electron chi connectivity index (χ4n) is 3.55. The number of benzene rings is 3. The van der Waals surface area contributed by atoms with Crippen molar-refractivity contribution in [3.63, 3.8) is 0 Å². The minimum atomic E-state index is -3.71. The quantitative estimate of drug-likeness (QED) is 0.478. The lowest BCUT2D eigenvalue weighted by Crippen LogP contribution is -2.48. The fourth-order valence-corrected chi connectivity index (χ4v) is 4.73. The average molecular weight is 467 g/mol. The molecule has 0 bridgehead atoms. The van der Waals surface area contributed by atoms with Gasteiger partial charge < -0.3 is 10.1 Å². The van der Waals surface area contributed by atoms with Gasteiger partial charge in [-0.1, -0.05) is 49.4 Å². The lowest BCUT2D eigenvalue weighted by atomic mass is 10.0. The molecule has 2 atom stereocenters. The number of carbonyl (C=O) groups is 1. The normalized spacial score (nSPS) is 13.1. The highest BCUT2D eigenvalue weighted by atomic mass is 32.2. The highest BCUT2D eigenvalue weighted by Gasteiger charge is 2.30. The molecule has 0 aliphatic carbocycles. The Balaban J connectivity index is 1.75. The average Bonchev–Trinajstić information content (AvgIpc) is 2.80. The van der Waals surface area contributed by atoms with E-state index in [9.17, 15) is 13.2 Å². The number of hydrogen-bond acceptors (Lipinski definition) is 4. The van der Waals surface area contributed by atoms with Gasteiger partial charge in [0, 0.05) is 0 Å². The number of nitrogens with one attached hydrogen (secondary N) is 1. The molecule has 174 valence electrons. The molecule has 0 radical (unpaired) electrons. The van der Waals surface area contributed by atoms with Crippen LogP contribution in [0.3, 0.4) is 0 Å². The third-order valence-electron chi connectivity index (χ3n) is 5.41. The summed E-state index contributed by atoms with van der Waals surface area (Å²) in [7, 11) is -3.71. The number of carbonyl (C=O) groups excluding carboxylic acids is 1. The van der Waals surface area contributed by atoms with Gasteiger partial charge in [0.05, 0.1) is 18.0 Å². The molecule has 3 aromatic rings. The van der Waals surface area contributed by atoms with Crippen molar-refractivity contribution >= 4 is 21.6 Å². The Hall–Kier alpha value is -3.32. The molecular formula is C26H30N2O4S. The van der Waals surface area contributed by atoms with Crippen LogP contribution in [-0.4, -0.2) is 26.6 Å². The van der Waals surface area contributed by atoms with Gasteiger partial charge >= 0.3 is 0 Å². The van der Waals surface area contributed by atoms with Crippen LogP contribution in [0.15, 0.2) is 78.9 Å². The van der Waals surface area contributed by atoms with Gasteiger partial charge in [-0.3, -0.25) is 9.10 Å². The van der Waals surface area contributed by atoms with Crippen LogP contribution in [0.1, 0.15) is 37.9 Å². The fraction of sp³-hybridized carbons (Fsp3) is 0.269. The Bertz CT molecular complexity index is 1160. The van der Waals surface area contributed by atoms with Crippen LogP contribution in [-0.2, 0) is 21.2 Å². The van der Waals surface area contributed by atoms with E-state index in [1.807, 2.05) is 61.5 Å². The second-order valence-corrected chi connectivity index (χ2v) is 9.83. The number of aryl methyl sites for hydroxylation is 1. The highest BCUT2D eigenvalue weighted by molar-refractivity contribution is 7.92. The van der Waals surface area contributed by atoms with Gasteiger partial charge in [0.15, 0.2) is 0 Å². The molecule has 1 N–H and O–H groups in total. The van der Waals surface area contributed by atoms with E-state index in [4.69, 9.17) is 4.74 Å². The van der Waals surface area contributed by atoms with Gasteiger partial charge in [-0.25, -0.2) is 8.42 Å². The summed E-state index contributed by atoms with van der Waals surface area (Å²) in [5.41, 5.74) is 2.56. The summed E-state index contributed by atoms with van der Waals surface area (Å²) in [5, 5.41) is 2.93. The maximum Gasteiger partial charge on any atom is 0.244 e. The van der Waals surface area contributed by atoms with Crippen LogP contribution in [0.5, 0.6) is 11.5 Å². The molecule has 0 fully saturated rings. The Morgan fingerprint density at radius 2 is 1.48 bits per heavy atom. The standard InChI is InChI=1S/C26H30N2O4S/c1-5-21-11-13-22(14-12-21)19(2)27-26(29)20(3)28(33(4,30)31)23-15-17-25(18-16-23)32-24-9-7-6-8-10-24/h6-20H,5H2,1-4H3,(H,27,29)/t19-,20-/m0/s1. The maximum absolute atomic E-state index is 13.0. The van der Waals surface area contributed by atoms with Gasteiger partial charge in [-0.05, 0) is 67.8 Å². The molecule has 0 aliphatic heterocycles. The monoisotopic (exact) mass is 466 g/mol. The van der Waals surface area contributed by atoms with Crippen molar-refractivity contribution in [2.24, 2.45) is 0 Å². The number of ether oxygens (including phenoxy) is 1. The summed E-state index contributed by atoms with van der Waals surface area (Å²) in [4.78, 5) is 13.0. The second-order valence-electron chi connectivity index (χ2n) is 7.97. The van der Waals surface area contributed by atoms with Crippen molar-refractivity contribution in [1.82, 2.24) is 5.32 Å². The first kappa shape index (κ1) is 24.3. The largest absolute Gasteiger partial charge is 0.457 e. The molecule has 0 unspecified atom stereocenters. The predicted molar refractivity (Wildman–Crippen MR) is 132 cm³/mol. The summed E-state index contributed by atoms with van der Waals surface area (Å²) in [6.07, 6.45) is 2.04. The van der Waals surface area contributed by atoms with E-state index in [2.05, 4.69) is 12.2 Å². The molecule has 7 heteroatoms. The number of rotatable bonds is 9. The topological polar surface area (TPSA) is 75.7 Å². The molecule has 0 spiro atoms. The zero-order valence-corrected chi connectivity index (χ0v) is 20.2. The van der Waals surface area contributed by atoms with Crippen LogP contribution in [0.4, 0.5) is 5.69 Å². The lowest BCUT2D eigenvalue weighted by molar-refractivity contribution is -0.122. The van der Waals surface area contributed by atoms with Crippen molar-refractivity contribution in [3.05, 3.63) is 90.0 Å². The summed E-state index contributed by atoms with van der Waals surface area (Å²) < 4.78 is 32.1. The second kappa shape index (κ2) is 10.5. The first-order valence-corrected chi connectivity index (χ1v) is 12.8. The van der Waals surface area contributed by atoms with Gasteiger partial charge in [-0.15, -0.1) is 0 Å². The van der Waals surface area contributed by atoms with E-state index >= 15 is 0 Å². The number of anilines is 1. The van der Waals surface area contributed by atoms with Crippen molar-refractivity contribution in [3.8, 4) is 11.5 Å². The van der Waals surface area contributed by atoms with Crippen molar-refractivity contribution < 1.29 is 17.9 Å². The van der Waals surface area contributed by atoms with Crippen molar-refractivity contribution in [1.29, 1.82) is 0 Å². The molecule has 0 saturated carbocycles. The molecule has 3 rings (SSSR count). The summed E-state index contributed by atoms with van der Waals surface area (Å²) in [6.45, 7) is 5.55. The third kappa shape index (κ3) is 6.35. The van der Waals surface area contributed by atoms with Crippen LogP contribution in [0.25, 0.3) is 0 Å². The Labute approximate surface area is 196 Å². The van der Waals surface area contributed by atoms with E-state index in [1.54, 1.807) is 31.2 Å². The van der Waals surface area contributed by atoms with Gasteiger partial charge in [0.1, 0.15) is 17.5 Å². The van der Waals surface area contributed by atoms with Crippen LogP contribution in [0, 0.1) is 0 Å². The molecule has 1 amide bonds. The van der Waals surface area contributed by atoms with Crippen molar-refractivity contribution in [2.75, 3.05) is 10.6 Å². The number of sulfonamides is 1. The summed E-state index contributed by atoms with van der Waals surface area (Å²) in [6, 6.07) is 22.8. The summed E-state index contributed by atoms with van der Waals surface area (Å²) >= 11 is 0. The smallest absolute Gasteiger partial charge is 0.244 e. The van der Waals surface area contributed by atoms with Gasteiger partial charge in [0.2, 0.25) is 15.9 Å². The molecule has 6 nitrogen and oxygen atoms in total. The van der Waals surface area contributed by atoms with E-state index in [0.717, 1.165) is 22.5 Å². The third-order valence-corrected chi connectivity index (χ3v) is 6.65. The van der Waals surface area contributed by atoms with Gasteiger partial charge in [-0.2, -0.15) is 0 Å². The molecule has 33 heavy (non-hydrogen) atoms. The molecular weight excluding hydrogens is 436 g/mol. The molecule has 3 aromatic carbocycles. The molecule has 0 saturated heterocycles. The summed E-state index contributed by atoms with van der Waals surface area (Å²) in [5.74, 6) is 0.871. The van der Waals surface area contributed by atoms with E-state index in [0.29, 0.717) is 17.2 Å². The lowest BCUT2D eigenvalue weighted by Gasteiger charge is -2.29. The number of amides is 1. The molecule has 0 aromatic heterocycles. The van der Waals surface area contributed by atoms with Crippen LogP contribution in [0.2, 0.25) is 0 Å². The van der Waals surface area contributed by atoms with E-state index in [1.165, 1.54) is 5.56 Å². The minimum absolute atomic E-state index is 0.256. The van der Waals surface area contributed by atoms with Gasteiger partial charge in [0.25, 0.3) is 0 Å². The molecule has 0 aliphatic rings.